The summed E-state index contributed by atoms with van der Waals surface area (Å²) in [6, 6.07) is 0. The molecule has 76 valence electrons. The summed E-state index contributed by atoms with van der Waals surface area (Å²) in [5.74, 6) is 0.206. The number of carbonyl (C=O) groups excluding carboxylic acids is 1. The molecule has 0 rings (SSSR count). The first kappa shape index (κ1) is 12.6. The molecule has 0 bridgehead atoms. The van der Waals surface area contributed by atoms with Gasteiger partial charge in [-0.1, -0.05) is 12.2 Å². The first-order chi connectivity index (χ1) is 6.02. The maximum absolute atomic E-state index is 11.7. The van der Waals surface area contributed by atoms with Crippen molar-refractivity contribution in [2.45, 2.75) is 26.0 Å². The van der Waals surface area contributed by atoms with Gasteiger partial charge in [0.1, 0.15) is 0 Å². The van der Waals surface area contributed by atoms with E-state index in [1.165, 1.54) is 0 Å². The number of carbonyl (C=O) groups is 1. The van der Waals surface area contributed by atoms with Gasteiger partial charge in [-0.15, -0.1) is 0 Å². The molecule has 1 amide bonds. The maximum atomic E-state index is 11.7. The number of likely N-dealkylation sites (N-methyl/N-ethyl adjacent to an activating group) is 1. The van der Waals surface area contributed by atoms with Crippen molar-refractivity contribution in [2.24, 2.45) is 0 Å². The summed E-state index contributed by atoms with van der Waals surface area (Å²) in [5, 5.41) is 0.0549. The lowest BCUT2D eigenvalue weighted by Crippen LogP contribution is -2.37. The van der Waals surface area contributed by atoms with Crippen LogP contribution in [0.25, 0.3) is 0 Å². The van der Waals surface area contributed by atoms with Crippen molar-refractivity contribution >= 4 is 17.7 Å². The molecule has 0 spiro atoms. The van der Waals surface area contributed by atoms with Gasteiger partial charge < -0.3 is 4.90 Å². The van der Waals surface area contributed by atoms with Crippen molar-refractivity contribution in [3.05, 3.63) is 12.2 Å². The van der Waals surface area contributed by atoms with Gasteiger partial charge in [0.2, 0.25) is 5.91 Å². The average Bonchev–Trinajstić information content (AvgIpc) is 2.11. The molecule has 0 aliphatic heterocycles. The van der Waals surface area contributed by atoms with Gasteiger partial charge in [0.05, 0.1) is 5.25 Å². The van der Waals surface area contributed by atoms with Gasteiger partial charge in [-0.25, -0.2) is 0 Å². The molecule has 0 heterocycles. The minimum absolute atomic E-state index is 0.0549. The van der Waals surface area contributed by atoms with Crippen LogP contribution in [-0.4, -0.2) is 35.4 Å². The topological polar surface area (TPSA) is 20.3 Å². The van der Waals surface area contributed by atoms with Crippen molar-refractivity contribution in [1.82, 2.24) is 4.90 Å². The fourth-order valence-corrected chi connectivity index (χ4v) is 1.38. The largest absolute Gasteiger partial charge is 0.338 e. The zero-order valence-electron chi connectivity index (χ0n) is 8.96. The molecule has 0 saturated carbocycles. The van der Waals surface area contributed by atoms with Crippen LogP contribution in [0, 0.1) is 0 Å². The zero-order chi connectivity index (χ0) is 10.4. The van der Waals surface area contributed by atoms with Gasteiger partial charge >= 0.3 is 0 Å². The van der Waals surface area contributed by atoms with Gasteiger partial charge in [0.25, 0.3) is 0 Å². The summed E-state index contributed by atoms with van der Waals surface area (Å²) >= 11 is 1.58. The highest BCUT2D eigenvalue weighted by molar-refractivity contribution is 7.99. The Morgan fingerprint density at radius 3 is 2.46 bits per heavy atom. The van der Waals surface area contributed by atoms with Crippen molar-refractivity contribution in [3.8, 4) is 0 Å². The monoisotopic (exact) mass is 201 g/mol. The fraction of sp³-hybridized carbons (Fsp3) is 0.700. The number of hydrogen-bond donors (Lipinski definition) is 0. The Kier molecular flexibility index (Phi) is 5.88. The Bertz CT molecular complexity index is 191. The Balaban J connectivity index is 4.22. The molecule has 0 N–H and O–H groups in total. The van der Waals surface area contributed by atoms with Crippen LogP contribution in [0.3, 0.4) is 0 Å². The molecular formula is C10H19NOS. The number of nitrogens with zero attached hydrogens (tertiary/aromatic N) is 1. The lowest BCUT2D eigenvalue weighted by molar-refractivity contribution is -0.129. The van der Waals surface area contributed by atoms with E-state index in [1.54, 1.807) is 11.8 Å². The van der Waals surface area contributed by atoms with E-state index in [-0.39, 0.29) is 11.2 Å². The minimum atomic E-state index is 0.0549. The summed E-state index contributed by atoms with van der Waals surface area (Å²) < 4.78 is 0. The van der Waals surface area contributed by atoms with Gasteiger partial charge in [-0.05, 0) is 27.0 Å². The third kappa shape index (κ3) is 4.36. The highest BCUT2D eigenvalue weighted by atomic mass is 32.2. The quantitative estimate of drug-likeness (QED) is 0.635. The van der Waals surface area contributed by atoms with Crippen molar-refractivity contribution < 1.29 is 4.79 Å². The molecule has 0 fully saturated rings. The normalized spacial score (nSPS) is 12.3. The summed E-state index contributed by atoms with van der Waals surface area (Å²) in [5.41, 5.74) is 1.03. The third-order valence-corrected chi connectivity index (χ3v) is 2.76. The van der Waals surface area contributed by atoms with Crippen LogP contribution in [0.1, 0.15) is 20.8 Å². The number of amides is 1. The van der Waals surface area contributed by atoms with Crippen LogP contribution in [0.4, 0.5) is 0 Å². The smallest absolute Gasteiger partial charge is 0.235 e. The van der Waals surface area contributed by atoms with E-state index in [0.29, 0.717) is 6.54 Å². The lowest BCUT2D eigenvalue weighted by Gasteiger charge is -2.23. The zero-order valence-corrected chi connectivity index (χ0v) is 9.78. The summed E-state index contributed by atoms with van der Waals surface area (Å²) in [6.07, 6.45) is 1.96. The lowest BCUT2D eigenvalue weighted by atomic mass is 10.3. The molecule has 0 aliphatic carbocycles. The Labute approximate surface area is 85.4 Å². The number of rotatable bonds is 5. The second-order valence-corrected chi connectivity index (χ2v) is 4.37. The molecular weight excluding hydrogens is 182 g/mol. The number of hydrogen-bond acceptors (Lipinski definition) is 2. The van der Waals surface area contributed by atoms with E-state index in [4.69, 9.17) is 0 Å². The van der Waals surface area contributed by atoms with E-state index < -0.39 is 0 Å². The first-order valence-electron chi connectivity index (χ1n) is 4.48. The van der Waals surface area contributed by atoms with E-state index in [9.17, 15) is 4.79 Å². The highest BCUT2D eigenvalue weighted by Crippen LogP contribution is 2.10. The highest BCUT2D eigenvalue weighted by Gasteiger charge is 2.17. The minimum Gasteiger partial charge on any atom is -0.338 e. The molecule has 0 radical (unpaired) electrons. The Morgan fingerprint density at radius 2 is 2.15 bits per heavy atom. The van der Waals surface area contributed by atoms with Crippen molar-refractivity contribution in [1.29, 1.82) is 0 Å². The van der Waals surface area contributed by atoms with Gasteiger partial charge in [-0.2, -0.15) is 11.8 Å². The molecule has 0 aromatic heterocycles. The summed E-state index contributed by atoms with van der Waals surface area (Å²) in [6.45, 7) is 11.1. The maximum Gasteiger partial charge on any atom is 0.235 e. The van der Waals surface area contributed by atoms with Crippen LogP contribution in [-0.2, 0) is 4.79 Å². The van der Waals surface area contributed by atoms with Crippen LogP contribution < -0.4 is 0 Å². The van der Waals surface area contributed by atoms with Crippen LogP contribution >= 0.6 is 11.8 Å². The molecule has 0 aromatic rings. The van der Waals surface area contributed by atoms with Crippen molar-refractivity contribution in [2.75, 3.05) is 19.3 Å². The van der Waals surface area contributed by atoms with Crippen molar-refractivity contribution in [3.63, 3.8) is 0 Å². The summed E-state index contributed by atoms with van der Waals surface area (Å²) in [4.78, 5) is 13.5. The van der Waals surface area contributed by atoms with Gasteiger partial charge in [0, 0.05) is 13.1 Å². The first-order valence-corrected chi connectivity index (χ1v) is 5.77. The second kappa shape index (κ2) is 6.08. The predicted molar refractivity (Wildman–Crippen MR) is 60.0 cm³/mol. The Hall–Kier alpha value is -0.440. The molecule has 0 aliphatic rings. The SMILES string of the molecule is C=C(C)CN(CC)C(=O)[C@H](C)SC. The van der Waals surface area contributed by atoms with Crippen LogP contribution in [0.5, 0.6) is 0 Å². The average molecular weight is 201 g/mol. The third-order valence-electron chi connectivity index (χ3n) is 1.86. The molecule has 3 heteroatoms. The molecule has 0 saturated heterocycles. The molecule has 1 atom stereocenters. The molecule has 0 unspecified atom stereocenters. The molecule has 0 aromatic carbocycles. The van der Waals surface area contributed by atoms with Gasteiger partial charge in [-0.3, -0.25) is 4.79 Å². The summed E-state index contributed by atoms with van der Waals surface area (Å²) in [7, 11) is 0. The van der Waals surface area contributed by atoms with Gasteiger partial charge in [0.15, 0.2) is 0 Å². The standard InChI is InChI=1S/C10H19NOS/c1-6-11(7-8(2)3)10(12)9(4)13-5/h9H,2,6-7H2,1,3-5H3/t9-/m0/s1. The fourth-order valence-electron chi connectivity index (χ4n) is 1.03. The predicted octanol–water partition coefficient (Wildman–Crippen LogP) is 2.16. The second-order valence-electron chi connectivity index (χ2n) is 3.19. The van der Waals surface area contributed by atoms with Crippen LogP contribution in [0.2, 0.25) is 0 Å². The van der Waals surface area contributed by atoms with E-state index in [0.717, 1.165) is 12.1 Å². The molecule has 2 nitrogen and oxygen atoms in total. The molecule has 13 heavy (non-hydrogen) atoms. The van der Waals surface area contributed by atoms with Crippen LogP contribution in [0.15, 0.2) is 12.2 Å². The van der Waals surface area contributed by atoms with E-state index >= 15 is 0 Å². The van der Waals surface area contributed by atoms with E-state index in [1.807, 2.05) is 31.9 Å². The Morgan fingerprint density at radius 1 is 1.62 bits per heavy atom. The van der Waals surface area contributed by atoms with E-state index in [2.05, 4.69) is 6.58 Å². The number of thioether (sulfide) groups is 1.